The first kappa shape index (κ1) is 15.4. The average molecular weight is 340 g/mol. The lowest BCUT2D eigenvalue weighted by Crippen LogP contribution is -2.26. The summed E-state index contributed by atoms with van der Waals surface area (Å²) in [6.07, 6.45) is 2.33. The van der Waals surface area contributed by atoms with Gasteiger partial charge >= 0.3 is 0 Å². The van der Waals surface area contributed by atoms with E-state index in [1.807, 2.05) is 25.1 Å². The number of rotatable bonds is 4. The van der Waals surface area contributed by atoms with Crippen LogP contribution in [0.4, 0.5) is 0 Å². The lowest BCUT2D eigenvalue weighted by molar-refractivity contribution is 0.0899. The highest BCUT2D eigenvalue weighted by Gasteiger charge is 2.26. The highest BCUT2D eigenvalue weighted by atomic mass is 16.5. The average Bonchev–Trinajstić information content (AvgIpc) is 3.34. The van der Waals surface area contributed by atoms with E-state index >= 15 is 0 Å². The summed E-state index contributed by atoms with van der Waals surface area (Å²) < 4.78 is 9.93. The number of carbonyl (C=O) groups excluding carboxylic acids is 1. The first-order valence-corrected chi connectivity index (χ1v) is 8.06. The van der Waals surface area contributed by atoms with Crippen molar-refractivity contribution in [1.82, 2.24) is 20.6 Å². The number of aromatic nitrogens is 3. The molecule has 1 aliphatic carbocycles. The molecule has 0 aliphatic heterocycles. The Labute approximate surface area is 142 Å². The van der Waals surface area contributed by atoms with E-state index < -0.39 is 5.91 Å². The van der Waals surface area contributed by atoms with Gasteiger partial charge in [0, 0.05) is 12.0 Å². The van der Waals surface area contributed by atoms with Crippen LogP contribution in [0.1, 0.15) is 47.0 Å². The molecule has 4 rings (SSSR count). The summed E-state index contributed by atoms with van der Waals surface area (Å²) in [4.78, 5) is 16.5. The Hall–Kier alpha value is -3.16. The minimum Gasteiger partial charge on any atom is -0.491 e. The minimum atomic E-state index is -0.402. The van der Waals surface area contributed by atoms with Crippen molar-refractivity contribution in [2.75, 3.05) is 0 Å². The fraction of sp³-hybridized carbons (Fsp3) is 0.294. The van der Waals surface area contributed by atoms with Crippen LogP contribution < -0.4 is 5.32 Å². The molecule has 2 heterocycles. The summed E-state index contributed by atoms with van der Waals surface area (Å²) in [5.74, 6) is 0.454. The largest absolute Gasteiger partial charge is 0.491 e. The molecule has 2 aromatic heterocycles. The molecule has 128 valence electrons. The zero-order valence-electron chi connectivity index (χ0n) is 13.5. The van der Waals surface area contributed by atoms with Crippen LogP contribution in [-0.2, 0) is 12.8 Å². The van der Waals surface area contributed by atoms with E-state index in [1.165, 1.54) is 6.07 Å². The molecule has 0 saturated carbocycles. The summed E-state index contributed by atoms with van der Waals surface area (Å²) in [6, 6.07) is 7.01. The predicted octanol–water partition coefficient (Wildman–Crippen LogP) is 2.41. The fourth-order valence-corrected chi connectivity index (χ4v) is 3.02. The number of aryl methyl sites for hydroxylation is 2. The second kappa shape index (κ2) is 6.04. The SMILES string of the molecule is CCc1nc(-c2ccc3c(c2)CC[C@H]3NC(=O)c2cc(O)no2)no1. The van der Waals surface area contributed by atoms with E-state index in [-0.39, 0.29) is 17.7 Å². The predicted molar refractivity (Wildman–Crippen MR) is 85.8 cm³/mol. The van der Waals surface area contributed by atoms with Crippen molar-refractivity contribution in [3.8, 4) is 17.3 Å². The van der Waals surface area contributed by atoms with Gasteiger partial charge < -0.3 is 19.5 Å². The highest BCUT2D eigenvalue weighted by Crippen LogP contribution is 2.34. The Balaban J connectivity index is 1.54. The van der Waals surface area contributed by atoms with Crippen molar-refractivity contribution in [2.45, 2.75) is 32.2 Å². The van der Waals surface area contributed by atoms with E-state index in [2.05, 4.69) is 20.6 Å². The van der Waals surface area contributed by atoms with Gasteiger partial charge in [-0.05, 0) is 35.2 Å². The second-order valence-corrected chi connectivity index (χ2v) is 5.89. The van der Waals surface area contributed by atoms with Crippen molar-refractivity contribution in [3.05, 3.63) is 47.0 Å². The molecule has 0 unspecified atom stereocenters. The van der Waals surface area contributed by atoms with E-state index in [9.17, 15) is 9.90 Å². The van der Waals surface area contributed by atoms with Crippen LogP contribution in [0.2, 0.25) is 0 Å². The lowest BCUT2D eigenvalue weighted by atomic mass is 10.0. The van der Waals surface area contributed by atoms with Gasteiger partial charge in [0.1, 0.15) is 0 Å². The molecule has 1 atom stereocenters. The number of aromatic hydroxyl groups is 1. The van der Waals surface area contributed by atoms with E-state index in [1.54, 1.807) is 0 Å². The number of fused-ring (bicyclic) bond motifs is 1. The molecule has 3 aromatic rings. The molecule has 1 amide bonds. The van der Waals surface area contributed by atoms with Crippen LogP contribution >= 0.6 is 0 Å². The number of carbonyl (C=O) groups is 1. The molecule has 0 fully saturated rings. The van der Waals surface area contributed by atoms with Gasteiger partial charge in [-0.3, -0.25) is 4.79 Å². The Morgan fingerprint density at radius 1 is 1.32 bits per heavy atom. The number of amides is 1. The molecule has 1 aliphatic rings. The normalized spacial score (nSPS) is 16.0. The summed E-state index contributed by atoms with van der Waals surface area (Å²) in [5, 5.41) is 19.4. The lowest BCUT2D eigenvalue weighted by Gasteiger charge is -2.13. The first-order chi connectivity index (χ1) is 12.1. The third kappa shape index (κ3) is 2.86. The highest BCUT2D eigenvalue weighted by molar-refractivity contribution is 5.92. The monoisotopic (exact) mass is 340 g/mol. The van der Waals surface area contributed by atoms with Crippen molar-refractivity contribution < 1.29 is 18.9 Å². The van der Waals surface area contributed by atoms with Gasteiger partial charge in [0.2, 0.25) is 17.5 Å². The zero-order chi connectivity index (χ0) is 17.4. The van der Waals surface area contributed by atoms with Crippen molar-refractivity contribution in [1.29, 1.82) is 0 Å². The molecule has 8 nitrogen and oxygen atoms in total. The van der Waals surface area contributed by atoms with Crippen molar-refractivity contribution in [3.63, 3.8) is 0 Å². The second-order valence-electron chi connectivity index (χ2n) is 5.89. The number of hydrogen-bond acceptors (Lipinski definition) is 7. The van der Waals surface area contributed by atoms with E-state index in [0.717, 1.165) is 29.5 Å². The van der Waals surface area contributed by atoms with E-state index in [4.69, 9.17) is 9.05 Å². The third-order valence-electron chi connectivity index (χ3n) is 4.28. The van der Waals surface area contributed by atoms with Gasteiger partial charge in [-0.25, -0.2) is 0 Å². The number of hydrogen-bond donors (Lipinski definition) is 2. The van der Waals surface area contributed by atoms with Gasteiger partial charge in [-0.1, -0.05) is 24.2 Å². The van der Waals surface area contributed by atoms with Gasteiger partial charge in [-0.2, -0.15) is 4.98 Å². The standard InChI is InChI=1S/C17H16N4O4/c1-2-15-19-16(21-25-15)10-3-5-11-9(7-10)4-6-12(11)18-17(23)13-8-14(22)20-24-13/h3,5,7-8,12H,2,4,6H2,1H3,(H,18,23)(H,20,22)/t12-/m1/s1. The minimum absolute atomic E-state index is 0.0125. The van der Waals surface area contributed by atoms with Crippen molar-refractivity contribution >= 4 is 5.91 Å². The quantitative estimate of drug-likeness (QED) is 0.749. The molecule has 0 saturated heterocycles. The maximum atomic E-state index is 12.2. The molecule has 0 radical (unpaired) electrons. The Kier molecular flexibility index (Phi) is 3.72. The Morgan fingerprint density at radius 3 is 2.92 bits per heavy atom. The van der Waals surface area contributed by atoms with Crippen LogP contribution in [0.15, 0.2) is 33.3 Å². The molecule has 0 spiro atoms. The maximum absolute atomic E-state index is 12.2. The number of nitrogens with zero attached hydrogens (tertiary/aromatic N) is 3. The van der Waals surface area contributed by atoms with Gasteiger partial charge in [0.15, 0.2) is 0 Å². The van der Waals surface area contributed by atoms with Gasteiger partial charge in [0.25, 0.3) is 11.8 Å². The number of benzene rings is 1. The smallest absolute Gasteiger partial charge is 0.290 e. The van der Waals surface area contributed by atoms with Crippen LogP contribution in [-0.4, -0.2) is 26.3 Å². The van der Waals surface area contributed by atoms with Crippen LogP contribution in [0.25, 0.3) is 11.4 Å². The van der Waals surface area contributed by atoms with Gasteiger partial charge in [0.05, 0.1) is 12.1 Å². The van der Waals surface area contributed by atoms with Crippen LogP contribution in [0.5, 0.6) is 5.88 Å². The molecule has 0 bridgehead atoms. The Bertz CT molecular complexity index is 930. The Morgan fingerprint density at radius 2 is 2.20 bits per heavy atom. The molecule has 25 heavy (non-hydrogen) atoms. The van der Waals surface area contributed by atoms with Crippen molar-refractivity contribution in [2.24, 2.45) is 0 Å². The molecule has 2 N–H and O–H groups in total. The summed E-state index contributed by atoms with van der Waals surface area (Å²) in [5.41, 5.74) is 3.10. The summed E-state index contributed by atoms with van der Waals surface area (Å²) in [7, 11) is 0. The number of nitrogens with one attached hydrogen (secondary N) is 1. The summed E-state index contributed by atoms with van der Waals surface area (Å²) in [6.45, 7) is 1.96. The topological polar surface area (TPSA) is 114 Å². The molecular weight excluding hydrogens is 324 g/mol. The third-order valence-corrected chi connectivity index (χ3v) is 4.28. The fourth-order valence-electron chi connectivity index (χ4n) is 3.02. The zero-order valence-corrected chi connectivity index (χ0v) is 13.5. The van der Waals surface area contributed by atoms with Crippen LogP contribution in [0, 0.1) is 0 Å². The first-order valence-electron chi connectivity index (χ1n) is 8.06. The van der Waals surface area contributed by atoms with Crippen LogP contribution in [0.3, 0.4) is 0 Å². The molecule has 1 aromatic carbocycles. The van der Waals surface area contributed by atoms with E-state index in [0.29, 0.717) is 18.1 Å². The molecule has 8 heteroatoms. The summed E-state index contributed by atoms with van der Waals surface area (Å²) >= 11 is 0. The van der Waals surface area contributed by atoms with Gasteiger partial charge in [-0.15, -0.1) is 0 Å². The molecular formula is C17H16N4O4. The maximum Gasteiger partial charge on any atom is 0.290 e.